The zero-order valence-electron chi connectivity index (χ0n) is 14.0. The Labute approximate surface area is 154 Å². The molecule has 5 rings (SSSR count). The Morgan fingerprint density at radius 3 is 2.61 bits per heavy atom. The van der Waals surface area contributed by atoms with Crippen LogP contribution in [-0.2, 0) is 6.18 Å². The zero-order chi connectivity index (χ0) is 19.5. The number of hydrogen-bond donors (Lipinski definition) is 2. The van der Waals surface area contributed by atoms with Crippen molar-refractivity contribution in [2.75, 3.05) is 0 Å². The molecule has 4 heterocycles. The number of H-pyrrole nitrogens is 2. The maximum atomic E-state index is 13.2. The number of alkyl halides is 3. The summed E-state index contributed by atoms with van der Waals surface area (Å²) < 4.78 is 39.7. The third-order valence-electron chi connectivity index (χ3n) is 4.58. The monoisotopic (exact) mass is 381 g/mol. The minimum Gasteiger partial charge on any atom is -0.339 e. The second kappa shape index (κ2) is 5.62. The highest BCUT2D eigenvalue weighted by molar-refractivity contribution is 6.12. The molecule has 0 spiro atoms. The topological polar surface area (TPSA) is 87.3 Å². The molecule has 0 radical (unpaired) electrons. The van der Waals surface area contributed by atoms with Crippen LogP contribution in [0.5, 0.6) is 0 Å². The molecular formula is C19H10F3N5O. The number of pyridine rings is 2. The van der Waals surface area contributed by atoms with Crippen LogP contribution in [0.15, 0.2) is 53.7 Å². The van der Waals surface area contributed by atoms with E-state index >= 15 is 0 Å². The molecule has 0 unspecified atom stereocenters. The van der Waals surface area contributed by atoms with Gasteiger partial charge in [-0.2, -0.15) is 13.2 Å². The van der Waals surface area contributed by atoms with Gasteiger partial charge in [0.15, 0.2) is 0 Å². The molecule has 4 aromatic heterocycles. The molecule has 0 aliphatic carbocycles. The van der Waals surface area contributed by atoms with Crippen molar-refractivity contribution >= 4 is 32.8 Å². The van der Waals surface area contributed by atoms with Crippen molar-refractivity contribution < 1.29 is 13.2 Å². The van der Waals surface area contributed by atoms with Gasteiger partial charge in [0.1, 0.15) is 11.5 Å². The molecule has 0 fully saturated rings. The van der Waals surface area contributed by atoms with Gasteiger partial charge < -0.3 is 9.97 Å². The maximum absolute atomic E-state index is 13.2. The molecule has 0 aliphatic heterocycles. The molecule has 0 atom stereocenters. The van der Waals surface area contributed by atoms with E-state index in [1.165, 1.54) is 0 Å². The molecule has 0 bridgehead atoms. The van der Waals surface area contributed by atoms with E-state index in [4.69, 9.17) is 0 Å². The van der Waals surface area contributed by atoms with Gasteiger partial charge in [0.2, 0.25) is 0 Å². The van der Waals surface area contributed by atoms with Crippen LogP contribution in [0.25, 0.3) is 44.2 Å². The van der Waals surface area contributed by atoms with E-state index < -0.39 is 22.7 Å². The average Bonchev–Trinajstić information content (AvgIpc) is 3.05. The third kappa shape index (κ3) is 2.36. The highest BCUT2D eigenvalue weighted by Crippen LogP contribution is 2.34. The highest BCUT2D eigenvalue weighted by Gasteiger charge is 2.34. The fraction of sp³-hybridized carbons (Fsp3) is 0.0526. The van der Waals surface area contributed by atoms with Crippen molar-refractivity contribution in [2.24, 2.45) is 0 Å². The lowest BCUT2D eigenvalue weighted by atomic mass is 10.1. The quantitative estimate of drug-likeness (QED) is 0.459. The van der Waals surface area contributed by atoms with E-state index in [0.29, 0.717) is 17.4 Å². The Morgan fingerprint density at radius 1 is 0.964 bits per heavy atom. The summed E-state index contributed by atoms with van der Waals surface area (Å²) in [6, 6.07) is 9.17. The van der Waals surface area contributed by atoms with Crippen molar-refractivity contribution in [3.63, 3.8) is 0 Å². The summed E-state index contributed by atoms with van der Waals surface area (Å²) >= 11 is 0. The largest absolute Gasteiger partial charge is 0.418 e. The Kier molecular flexibility index (Phi) is 3.30. The lowest BCUT2D eigenvalue weighted by molar-refractivity contribution is -0.136. The van der Waals surface area contributed by atoms with Gasteiger partial charge in [-0.1, -0.05) is 18.2 Å². The predicted octanol–water partition coefficient (Wildman–Crippen LogP) is 4.03. The predicted molar refractivity (Wildman–Crippen MR) is 97.8 cm³/mol. The van der Waals surface area contributed by atoms with E-state index in [-0.39, 0.29) is 11.3 Å². The number of nitrogens with one attached hydrogen (secondary N) is 2. The van der Waals surface area contributed by atoms with E-state index in [9.17, 15) is 18.0 Å². The summed E-state index contributed by atoms with van der Waals surface area (Å²) in [4.78, 5) is 30.4. The molecule has 0 saturated heterocycles. The normalized spacial score (nSPS) is 12.2. The molecular weight excluding hydrogens is 371 g/mol. The van der Waals surface area contributed by atoms with Crippen LogP contribution in [0, 0.1) is 0 Å². The first-order valence-electron chi connectivity index (χ1n) is 8.24. The van der Waals surface area contributed by atoms with Gasteiger partial charge in [-0.25, -0.2) is 9.97 Å². The number of benzene rings is 1. The molecule has 138 valence electrons. The molecule has 0 amide bonds. The number of nitrogens with zero attached hydrogens (tertiary/aromatic N) is 3. The summed E-state index contributed by atoms with van der Waals surface area (Å²) in [5, 5.41) is 1.06. The van der Waals surface area contributed by atoms with E-state index in [2.05, 4.69) is 24.9 Å². The van der Waals surface area contributed by atoms with Gasteiger partial charge in [-0.3, -0.25) is 9.78 Å². The number of rotatable bonds is 1. The van der Waals surface area contributed by atoms with Gasteiger partial charge in [0, 0.05) is 34.2 Å². The molecule has 9 heteroatoms. The summed E-state index contributed by atoms with van der Waals surface area (Å²) in [6.45, 7) is 0. The number of halogens is 3. The Bertz CT molecular complexity index is 1440. The van der Waals surface area contributed by atoms with Crippen molar-refractivity contribution in [1.82, 2.24) is 24.9 Å². The molecule has 28 heavy (non-hydrogen) atoms. The van der Waals surface area contributed by atoms with Crippen LogP contribution in [0.1, 0.15) is 5.56 Å². The smallest absolute Gasteiger partial charge is 0.339 e. The number of aromatic nitrogens is 5. The lowest BCUT2D eigenvalue weighted by Crippen LogP contribution is -2.16. The SMILES string of the molecule is O=c1[nH]c(-c2ccnc3[nH]c4ccccc4c23)nc2cncc(C(F)(F)F)c12. The van der Waals surface area contributed by atoms with Gasteiger partial charge in [0.05, 0.1) is 22.7 Å². The van der Waals surface area contributed by atoms with Crippen LogP contribution < -0.4 is 5.56 Å². The van der Waals surface area contributed by atoms with E-state index in [0.717, 1.165) is 22.5 Å². The standard InChI is InChI=1S/C19H10F3N5O/c20-19(21,22)11-7-23-8-13-15(11)18(28)27-16(26-13)10-5-6-24-17-14(10)9-3-1-2-4-12(9)25-17/h1-8H,(H,24,25)(H,26,27,28). The van der Waals surface area contributed by atoms with Gasteiger partial charge in [-0.15, -0.1) is 0 Å². The summed E-state index contributed by atoms with van der Waals surface area (Å²) in [7, 11) is 0. The molecule has 0 saturated carbocycles. The lowest BCUT2D eigenvalue weighted by Gasteiger charge is -2.10. The van der Waals surface area contributed by atoms with Crippen molar-refractivity contribution in [1.29, 1.82) is 0 Å². The minimum atomic E-state index is -4.70. The fourth-order valence-electron chi connectivity index (χ4n) is 3.40. The van der Waals surface area contributed by atoms with Gasteiger partial charge >= 0.3 is 6.18 Å². The number of fused-ring (bicyclic) bond motifs is 4. The van der Waals surface area contributed by atoms with Crippen LogP contribution in [0.2, 0.25) is 0 Å². The molecule has 0 aliphatic rings. The molecule has 6 nitrogen and oxygen atoms in total. The minimum absolute atomic E-state index is 0.127. The van der Waals surface area contributed by atoms with Crippen molar-refractivity contribution in [3.8, 4) is 11.4 Å². The molecule has 2 N–H and O–H groups in total. The number of hydrogen-bond acceptors (Lipinski definition) is 4. The Morgan fingerprint density at radius 2 is 1.79 bits per heavy atom. The third-order valence-corrected chi connectivity index (χ3v) is 4.58. The molecule has 1 aromatic carbocycles. The second-order valence-corrected chi connectivity index (χ2v) is 6.25. The summed E-state index contributed by atoms with van der Waals surface area (Å²) in [5.74, 6) is 0.149. The Hall–Kier alpha value is -3.75. The van der Waals surface area contributed by atoms with Crippen LogP contribution in [0.3, 0.4) is 0 Å². The second-order valence-electron chi connectivity index (χ2n) is 6.25. The first-order valence-corrected chi connectivity index (χ1v) is 8.24. The van der Waals surface area contributed by atoms with Crippen molar-refractivity contribution in [3.05, 3.63) is 64.8 Å². The number of para-hydroxylation sites is 1. The van der Waals surface area contributed by atoms with E-state index in [1.807, 2.05) is 24.3 Å². The summed E-state index contributed by atoms with van der Waals surface area (Å²) in [5.41, 5.74) is -0.126. The van der Waals surface area contributed by atoms with Crippen LogP contribution >= 0.6 is 0 Å². The highest BCUT2D eigenvalue weighted by atomic mass is 19.4. The van der Waals surface area contributed by atoms with Crippen molar-refractivity contribution in [2.45, 2.75) is 6.18 Å². The number of aromatic amines is 2. The average molecular weight is 381 g/mol. The fourth-order valence-corrected chi connectivity index (χ4v) is 3.40. The zero-order valence-corrected chi connectivity index (χ0v) is 14.0. The first kappa shape index (κ1) is 16.4. The van der Waals surface area contributed by atoms with E-state index in [1.54, 1.807) is 12.3 Å². The van der Waals surface area contributed by atoms with Crippen LogP contribution in [-0.4, -0.2) is 24.9 Å². The van der Waals surface area contributed by atoms with Gasteiger partial charge in [-0.05, 0) is 12.1 Å². The summed E-state index contributed by atoms with van der Waals surface area (Å²) in [6.07, 6.45) is -1.38. The Balaban J connectivity index is 1.85. The molecule has 5 aromatic rings. The maximum Gasteiger partial charge on any atom is 0.418 e. The van der Waals surface area contributed by atoms with Gasteiger partial charge in [0.25, 0.3) is 5.56 Å². The first-order chi connectivity index (χ1) is 13.4. The van der Waals surface area contributed by atoms with Crippen LogP contribution in [0.4, 0.5) is 13.2 Å².